The van der Waals surface area contributed by atoms with Crippen molar-refractivity contribution in [3.8, 4) is 0 Å². The van der Waals surface area contributed by atoms with E-state index in [1.54, 1.807) is 0 Å². The fourth-order valence-corrected chi connectivity index (χ4v) is 5.79. The van der Waals surface area contributed by atoms with Crippen LogP contribution < -0.4 is 5.73 Å². The average molecular weight is 313 g/mol. The standard InChI is InChI=1S/C14H23N3OS2/c1-9-12(20-8-7-19-9)13-16-14(18-17-13)11(15)10-5-3-2-4-6-10/h9-12H,2-8,15H2,1H3. The molecule has 1 saturated heterocycles. The van der Waals surface area contributed by atoms with Gasteiger partial charge in [0.15, 0.2) is 5.82 Å². The molecule has 20 heavy (non-hydrogen) atoms. The Bertz CT molecular complexity index is 434. The van der Waals surface area contributed by atoms with Crippen LogP contribution in [0.3, 0.4) is 0 Å². The summed E-state index contributed by atoms with van der Waals surface area (Å²) in [5.41, 5.74) is 6.34. The van der Waals surface area contributed by atoms with Crippen LogP contribution in [0.4, 0.5) is 0 Å². The predicted molar refractivity (Wildman–Crippen MR) is 84.9 cm³/mol. The molecule has 1 saturated carbocycles. The van der Waals surface area contributed by atoms with Crippen molar-refractivity contribution < 1.29 is 4.52 Å². The fourth-order valence-electron chi connectivity index (χ4n) is 3.11. The second-order valence-electron chi connectivity index (χ2n) is 5.78. The number of hydrogen-bond donors (Lipinski definition) is 1. The van der Waals surface area contributed by atoms with Crippen LogP contribution in [0.25, 0.3) is 0 Å². The van der Waals surface area contributed by atoms with Gasteiger partial charge in [-0.2, -0.15) is 16.7 Å². The van der Waals surface area contributed by atoms with Crippen molar-refractivity contribution >= 4 is 23.5 Å². The predicted octanol–water partition coefficient (Wildman–Crippen LogP) is 3.56. The lowest BCUT2D eigenvalue weighted by Gasteiger charge is -2.25. The molecule has 1 aromatic rings. The highest BCUT2D eigenvalue weighted by atomic mass is 32.2. The van der Waals surface area contributed by atoms with E-state index in [1.807, 2.05) is 23.5 Å². The van der Waals surface area contributed by atoms with E-state index < -0.39 is 0 Å². The molecular weight excluding hydrogens is 290 g/mol. The summed E-state index contributed by atoms with van der Waals surface area (Å²) in [7, 11) is 0. The number of aromatic nitrogens is 2. The second kappa shape index (κ2) is 6.71. The topological polar surface area (TPSA) is 64.9 Å². The minimum atomic E-state index is -0.0758. The molecule has 4 nitrogen and oxygen atoms in total. The lowest BCUT2D eigenvalue weighted by Crippen LogP contribution is -2.24. The van der Waals surface area contributed by atoms with Crippen LogP contribution in [0.2, 0.25) is 0 Å². The van der Waals surface area contributed by atoms with E-state index in [-0.39, 0.29) is 6.04 Å². The fraction of sp³-hybridized carbons (Fsp3) is 0.857. The number of nitrogens with zero attached hydrogens (tertiary/aromatic N) is 2. The van der Waals surface area contributed by atoms with Crippen molar-refractivity contribution in [2.24, 2.45) is 11.7 Å². The molecule has 2 N–H and O–H groups in total. The Morgan fingerprint density at radius 1 is 1.20 bits per heavy atom. The maximum absolute atomic E-state index is 6.34. The lowest BCUT2D eigenvalue weighted by atomic mass is 9.84. The molecule has 2 aliphatic rings. The SMILES string of the molecule is CC1SCCSC1c1noc(C(N)C2CCCCC2)n1. The van der Waals surface area contributed by atoms with Crippen LogP contribution in [0.15, 0.2) is 4.52 Å². The van der Waals surface area contributed by atoms with Gasteiger partial charge in [-0.25, -0.2) is 0 Å². The molecule has 3 unspecified atom stereocenters. The maximum atomic E-state index is 6.34. The summed E-state index contributed by atoms with van der Waals surface area (Å²) in [6, 6.07) is -0.0758. The van der Waals surface area contributed by atoms with E-state index in [0.29, 0.717) is 22.3 Å². The largest absolute Gasteiger partial charge is 0.338 e. The lowest BCUT2D eigenvalue weighted by molar-refractivity contribution is 0.255. The minimum absolute atomic E-state index is 0.0758. The molecule has 3 atom stereocenters. The third-order valence-corrected chi connectivity index (χ3v) is 7.43. The van der Waals surface area contributed by atoms with Crippen molar-refractivity contribution in [2.75, 3.05) is 11.5 Å². The first-order valence-electron chi connectivity index (χ1n) is 7.58. The third-order valence-electron chi connectivity index (χ3n) is 4.34. The Morgan fingerprint density at radius 3 is 2.70 bits per heavy atom. The first-order chi connectivity index (χ1) is 9.75. The van der Waals surface area contributed by atoms with Gasteiger partial charge in [-0.05, 0) is 18.8 Å². The third kappa shape index (κ3) is 3.17. The molecule has 0 spiro atoms. The molecule has 2 fully saturated rings. The summed E-state index contributed by atoms with van der Waals surface area (Å²) in [4.78, 5) is 4.62. The smallest absolute Gasteiger partial charge is 0.243 e. The molecule has 6 heteroatoms. The highest BCUT2D eigenvalue weighted by Gasteiger charge is 2.31. The van der Waals surface area contributed by atoms with Crippen LogP contribution in [-0.2, 0) is 0 Å². The van der Waals surface area contributed by atoms with Crippen LogP contribution >= 0.6 is 23.5 Å². The molecule has 0 radical (unpaired) electrons. The van der Waals surface area contributed by atoms with Crippen molar-refractivity contribution in [1.29, 1.82) is 0 Å². The van der Waals surface area contributed by atoms with E-state index in [9.17, 15) is 0 Å². The molecule has 2 heterocycles. The van der Waals surface area contributed by atoms with Gasteiger partial charge in [0.05, 0.1) is 11.3 Å². The number of rotatable bonds is 3. The Labute approximate surface area is 129 Å². The average Bonchev–Trinajstić information content (AvgIpc) is 2.97. The van der Waals surface area contributed by atoms with Gasteiger partial charge >= 0.3 is 0 Å². The van der Waals surface area contributed by atoms with Crippen LogP contribution in [0, 0.1) is 5.92 Å². The Kier molecular flexibility index (Phi) is 4.94. The summed E-state index contributed by atoms with van der Waals surface area (Å²) in [5.74, 6) is 4.39. The van der Waals surface area contributed by atoms with E-state index in [4.69, 9.17) is 10.3 Å². The summed E-state index contributed by atoms with van der Waals surface area (Å²) < 4.78 is 5.47. The van der Waals surface area contributed by atoms with E-state index in [1.165, 1.54) is 37.9 Å². The first kappa shape index (κ1) is 14.7. The van der Waals surface area contributed by atoms with E-state index >= 15 is 0 Å². The molecular formula is C14H23N3OS2. The normalized spacial score (nSPS) is 30.3. The van der Waals surface area contributed by atoms with E-state index in [2.05, 4.69) is 17.1 Å². The molecule has 1 aliphatic carbocycles. The van der Waals surface area contributed by atoms with Gasteiger partial charge in [-0.3, -0.25) is 0 Å². The molecule has 3 rings (SSSR count). The molecule has 0 aromatic carbocycles. The molecule has 0 bridgehead atoms. The van der Waals surface area contributed by atoms with Crippen LogP contribution in [0.5, 0.6) is 0 Å². The highest BCUT2D eigenvalue weighted by Crippen LogP contribution is 2.41. The van der Waals surface area contributed by atoms with Gasteiger partial charge in [-0.15, -0.1) is 11.8 Å². The Balaban J connectivity index is 1.69. The van der Waals surface area contributed by atoms with Crippen LogP contribution in [-0.4, -0.2) is 26.9 Å². The molecule has 0 amide bonds. The monoisotopic (exact) mass is 313 g/mol. The number of nitrogens with two attached hydrogens (primary N) is 1. The van der Waals surface area contributed by atoms with Gasteiger partial charge in [0, 0.05) is 16.8 Å². The van der Waals surface area contributed by atoms with Crippen molar-refractivity contribution in [3.05, 3.63) is 11.7 Å². The minimum Gasteiger partial charge on any atom is -0.338 e. The van der Waals surface area contributed by atoms with E-state index in [0.717, 1.165) is 11.6 Å². The van der Waals surface area contributed by atoms with Gasteiger partial charge in [0.2, 0.25) is 5.89 Å². The van der Waals surface area contributed by atoms with Gasteiger partial charge in [0.25, 0.3) is 0 Å². The van der Waals surface area contributed by atoms with Crippen molar-refractivity contribution in [3.63, 3.8) is 0 Å². The highest BCUT2D eigenvalue weighted by molar-refractivity contribution is 8.06. The van der Waals surface area contributed by atoms with Gasteiger partial charge < -0.3 is 10.3 Å². The zero-order chi connectivity index (χ0) is 13.9. The second-order valence-corrected chi connectivity index (χ2v) is 8.52. The van der Waals surface area contributed by atoms with Crippen molar-refractivity contribution in [1.82, 2.24) is 10.1 Å². The Hall–Kier alpha value is -0.200. The number of thioether (sulfide) groups is 2. The summed E-state index contributed by atoms with van der Waals surface area (Å²) in [6.07, 6.45) is 6.30. The van der Waals surface area contributed by atoms with Gasteiger partial charge in [-0.1, -0.05) is 31.3 Å². The molecule has 112 valence electrons. The van der Waals surface area contributed by atoms with Crippen LogP contribution in [0.1, 0.15) is 62.0 Å². The molecule has 1 aromatic heterocycles. The quantitative estimate of drug-likeness (QED) is 0.920. The summed E-state index contributed by atoms with van der Waals surface area (Å²) >= 11 is 3.93. The van der Waals surface area contributed by atoms with Gasteiger partial charge in [0.1, 0.15) is 0 Å². The maximum Gasteiger partial charge on any atom is 0.243 e. The first-order valence-corrected chi connectivity index (χ1v) is 9.67. The molecule has 1 aliphatic heterocycles. The summed E-state index contributed by atoms with van der Waals surface area (Å²) in [6.45, 7) is 2.25. The number of hydrogen-bond acceptors (Lipinski definition) is 6. The Morgan fingerprint density at radius 2 is 1.95 bits per heavy atom. The zero-order valence-electron chi connectivity index (χ0n) is 12.0. The summed E-state index contributed by atoms with van der Waals surface area (Å²) in [5, 5.41) is 5.10. The zero-order valence-corrected chi connectivity index (χ0v) is 13.6. The van der Waals surface area contributed by atoms with Crippen molar-refractivity contribution in [2.45, 2.75) is 55.6 Å².